The molecule has 2 aromatic heterocycles. The van der Waals surface area contributed by atoms with E-state index in [4.69, 9.17) is 10.2 Å². The normalized spacial score (nSPS) is 14.2. The van der Waals surface area contributed by atoms with E-state index in [0.717, 1.165) is 6.07 Å². The number of benzene rings is 1. The first-order valence-corrected chi connectivity index (χ1v) is 8.91. The van der Waals surface area contributed by atoms with Gasteiger partial charge in [-0.2, -0.15) is 0 Å². The number of hydrogen-bond donors (Lipinski definition) is 1. The number of nitrogens with zero attached hydrogens (tertiary/aromatic N) is 5. The summed E-state index contributed by atoms with van der Waals surface area (Å²) >= 11 is 0. The van der Waals surface area contributed by atoms with Crippen LogP contribution in [0, 0.1) is 17.5 Å². The predicted molar refractivity (Wildman–Crippen MR) is 101 cm³/mol. The quantitative estimate of drug-likeness (QED) is 0.607. The SMILES string of the molecule is Cl.N[C@@H](CC(=O)N1CCn2nnc(-c3ncco3)c2C1)Cc1cc(F)c(F)cc1F. The van der Waals surface area contributed by atoms with E-state index in [2.05, 4.69) is 15.3 Å². The lowest BCUT2D eigenvalue weighted by molar-refractivity contribution is -0.133. The van der Waals surface area contributed by atoms with Crippen molar-refractivity contribution in [1.29, 1.82) is 0 Å². The van der Waals surface area contributed by atoms with E-state index >= 15 is 0 Å². The summed E-state index contributed by atoms with van der Waals surface area (Å²) in [5.41, 5.74) is 7.04. The molecule has 3 aromatic rings. The first-order chi connectivity index (χ1) is 13.9. The minimum Gasteiger partial charge on any atom is -0.443 e. The Bertz CT molecular complexity index is 1040. The van der Waals surface area contributed by atoms with Gasteiger partial charge >= 0.3 is 0 Å². The fourth-order valence-corrected chi connectivity index (χ4v) is 3.29. The summed E-state index contributed by atoms with van der Waals surface area (Å²) in [6.45, 7) is 1.10. The van der Waals surface area contributed by atoms with Gasteiger partial charge in [-0.3, -0.25) is 4.79 Å². The third-order valence-corrected chi connectivity index (χ3v) is 4.76. The lowest BCUT2D eigenvalue weighted by Gasteiger charge is -2.28. The molecule has 4 rings (SSSR count). The Kier molecular flexibility index (Phi) is 6.42. The van der Waals surface area contributed by atoms with Crippen molar-refractivity contribution in [2.45, 2.75) is 32.0 Å². The van der Waals surface area contributed by atoms with Crippen LogP contribution >= 0.6 is 12.4 Å². The van der Waals surface area contributed by atoms with Crippen molar-refractivity contribution in [3.8, 4) is 11.6 Å². The second-order valence-corrected chi connectivity index (χ2v) is 6.79. The van der Waals surface area contributed by atoms with Gasteiger partial charge in [-0.15, -0.1) is 17.5 Å². The summed E-state index contributed by atoms with van der Waals surface area (Å²) in [5, 5.41) is 8.11. The zero-order chi connectivity index (χ0) is 20.5. The minimum absolute atomic E-state index is 0. The molecule has 1 aromatic carbocycles. The van der Waals surface area contributed by atoms with Crippen LogP contribution in [-0.2, 0) is 24.3 Å². The topological polar surface area (TPSA) is 103 Å². The molecule has 0 fully saturated rings. The fraction of sp³-hybridized carbons (Fsp3) is 0.333. The highest BCUT2D eigenvalue weighted by Crippen LogP contribution is 2.24. The number of carbonyl (C=O) groups excluding carboxylic acids is 1. The molecule has 2 N–H and O–H groups in total. The highest BCUT2D eigenvalue weighted by Gasteiger charge is 2.28. The standard InChI is InChI=1S/C18H17F3N6O2.ClH/c19-12-8-14(21)13(20)6-10(12)5-11(22)7-16(28)26-2-3-27-15(9-26)17(24-25-27)18-23-1-4-29-18;/h1,4,6,8,11H,2-3,5,7,9,22H2;1H/t11-;/m1./s1. The molecule has 160 valence electrons. The van der Waals surface area contributed by atoms with Crippen LogP contribution < -0.4 is 5.73 Å². The van der Waals surface area contributed by atoms with E-state index < -0.39 is 23.5 Å². The van der Waals surface area contributed by atoms with Gasteiger partial charge in [0.2, 0.25) is 11.8 Å². The maximum atomic E-state index is 13.8. The van der Waals surface area contributed by atoms with Gasteiger partial charge in [-0.05, 0) is 18.1 Å². The molecule has 1 atom stereocenters. The van der Waals surface area contributed by atoms with Crippen LogP contribution in [0.15, 0.2) is 29.0 Å². The zero-order valence-electron chi connectivity index (χ0n) is 15.6. The van der Waals surface area contributed by atoms with Gasteiger partial charge in [0.1, 0.15) is 12.1 Å². The number of oxazole rings is 1. The Labute approximate surface area is 175 Å². The molecule has 0 aliphatic carbocycles. The summed E-state index contributed by atoms with van der Waals surface area (Å²) in [7, 11) is 0. The Morgan fingerprint density at radius 2 is 1.97 bits per heavy atom. The van der Waals surface area contributed by atoms with Crippen LogP contribution in [0.4, 0.5) is 13.2 Å². The lowest BCUT2D eigenvalue weighted by Crippen LogP contribution is -2.41. The molecule has 0 spiro atoms. The van der Waals surface area contributed by atoms with Crippen LogP contribution in [0.2, 0.25) is 0 Å². The molecule has 1 amide bonds. The van der Waals surface area contributed by atoms with Crippen molar-refractivity contribution >= 4 is 18.3 Å². The first-order valence-electron chi connectivity index (χ1n) is 8.91. The Morgan fingerprint density at radius 3 is 2.70 bits per heavy atom. The number of rotatable bonds is 5. The molecule has 30 heavy (non-hydrogen) atoms. The number of halogens is 4. The summed E-state index contributed by atoms with van der Waals surface area (Å²) in [4.78, 5) is 18.3. The van der Waals surface area contributed by atoms with Gasteiger partial charge in [-0.25, -0.2) is 22.8 Å². The molecule has 0 radical (unpaired) electrons. The predicted octanol–water partition coefficient (Wildman–Crippen LogP) is 2.07. The van der Waals surface area contributed by atoms with E-state index in [1.54, 1.807) is 9.58 Å². The van der Waals surface area contributed by atoms with Crippen LogP contribution in [0.3, 0.4) is 0 Å². The van der Waals surface area contributed by atoms with Crippen molar-refractivity contribution in [3.63, 3.8) is 0 Å². The van der Waals surface area contributed by atoms with Crippen molar-refractivity contribution in [1.82, 2.24) is 24.9 Å². The Balaban J connectivity index is 0.00000256. The summed E-state index contributed by atoms with van der Waals surface area (Å²) in [6.07, 6.45) is 2.74. The summed E-state index contributed by atoms with van der Waals surface area (Å²) < 4.78 is 47.1. The molecule has 0 bridgehead atoms. The van der Waals surface area contributed by atoms with E-state index in [0.29, 0.717) is 36.4 Å². The van der Waals surface area contributed by atoms with E-state index in [-0.39, 0.29) is 43.3 Å². The molecule has 1 aliphatic rings. The van der Waals surface area contributed by atoms with Gasteiger partial charge in [0.25, 0.3) is 0 Å². The second-order valence-electron chi connectivity index (χ2n) is 6.79. The number of nitrogens with two attached hydrogens (primary N) is 1. The third kappa shape index (κ3) is 4.31. The van der Waals surface area contributed by atoms with Gasteiger partial charge < -0.3 is 15.1 Å². The molecule has 0 saturated heterocycles. The largest absolute Gasteiger partial charge is 0.443 e. The molecular formula is C18H18ClF3N6O2. The molecule has 3 heterocycles. The minimum atomic E-state index is -1.27. The average Bonchev–Trinajstić information content (AvgIpc) is 3.34. The third-order valence-electron chi connectivity index (χ3n) is 4.76. The smallest absolute Gasteiger partial charge is 0.249 e. The van der Waals surface area contributed by atoms with Crippen molar-refractivity contribution in [2.24, 2.45) is 5.73 Å². The average molecular weight is 443 g/mol. The Morgan fingerprint density at radius 1 is 1.20 bits per heavy atom. The van der Waals surface area contributed by atoms with E-state index in [1.165, 1.54) is 12.5 Å². The number of aromatic nitrogens is 4. The summed E-state index contributed by atoms with van der Waals surface area (Å²) in [5.74, 6) is -3.25. The van der Waals surface area contributed by atoms with Crippen LogP contribution in [0.5, 0.6) is 0 Å². The van der Waals surface area contributed by atoms with Gasteiger partial charge in [-0.1, -0.05) is 5.21 Å². The van der Waals surface area contributed by atoms with E-state index in [9.17, 15) is 18.0 Å². The number of carbonyl (C=O) groups is 1. The lowest BCUT2D eigenvalue weighted by atomic mass is 10.0. The van der Waals surface area contributed by atoms with Gasteiger partial charge in [0.05, 0.1) is 25.0 Å². The van der Waals surface area contributed by atoms with Gasteiger partial charge in [0.15, 0.2) is 17.3 Å². The first kappa shape index (κ1) is 21.8. The number of amides is 1. The maximum absolute atomic E-state index is 13.8. The van der Waals surface area contributed by atoms with Crippen molar-refractivity contribution < 1.29 is 22.4 Å². The molecule has 12 heteroatoms. The van der Waals surface area contributed by atoms with Crippen LogP contribution in [-0.4, -0.2) is 43.4 Å². The van der Waals surface area contributed by atoms with Crippen LogP contribution in [0.25, 0.3) is 11.6 Å². The molecular weight excluding hydrogens is 425 g/mol. The zero-order valence-corrected chi connectivity index (χ0v) is 16.4. The summed E-state index contributed by atoms with van der Waals surface area (Å²) in [6, 6.07) is 0.489. The van der Waals surface area contributed by atoms with Crippen LogP contribution in [0.1, 0.15) is 17.7 Å². The molecule has 0 saturated carbocycles. The van der Waals surface area contributed by atoms with Crippen molar-refractivity contribution in [3.05, 3.63) is 53.3 Å². The fourth-order valence-electron chi connectivity index (χ4n) is 3.29. The molecule has 1 aliphatic heterocycles. The molecule has 0 unspecified atom stereocenters. The van der Waals surface area contributed by atoms with E-state index in [1.807, 2.05) is 0 Å². The maximum Gasteiger partial charge on any atom is 0.249 e. The highest BCUT2D eigenvalue weighted by molar-refractivity contribution is 5.85. The molecule has 8 nitrogen and oxygen atoms in total. The highest BCUT2D eigenvalue weighted by atomic mass is 35.5. The number of hydrogen-bond acceptors (Lipinski definition) is 6. The number of fused-ring (bicyclic) bond motifs is 1. The monoisotopic (exact) mass is 442 g/mol. The second kappa shape index (κ2) is 8.84. The Hall–Kier alpha value is -2.92. The van der Waals surface area contributed by atoms with Crippen molar-refractivity contribution in [2.75, 3.05) is 6.54 Å². The van der Waals surface area contributed by atoms with Gasteiger partial charge in [0, 0.05) is 25.1 Å².